The lowest BCUT2D eigenvalue weighted by atomic mass is 10.1. The molecule has 1 unspecified atom stereocenters. The second-order valence-electron chi connectivity index (χ2n) is 6.68. The molecule has 0 aliphatic carbocycles. The Labute approximate surface area is 182 Å². The topological polar surface area (TPSA) is 60.9 Å². The first-order valence-corrected chi connectivity index (χ1v) is 11.4. The van der Waals surface area contributed by atoms with Gasteiger partial charge in [-0.15, -0.1) is 24.5 Å². The minimum absolute atomic E-state index is 0.0901. The van der Waals surface area contributed by atoms with Gasteiger partial charge in [0, 0.05) is 32.9 Å². The predicted octanol–water partition coefficient (Wildman–Crippen LogP) is 6.43. The highest BCUT2D eigenvalue weighted by molar-refractivity contribution is 9.10. The molecule has 0 radical (unpaired) electrons. The quantitative estimate of drug-likeness (QED) is 0.393. The Morgan fingerprint density at radius 3 is 2.62 bits per heavy atom. The molecule has 154 valence electrons. The Morgan fingerprint density at radius 1 is 1.21 bits per heavy atom. The van der Waals surface area contributed by atoms with Crippen LogP contribution in [0.5, 0.6) is 0 Å². The van der Waals surface area contributed by atoms with E-state index in [0.717, 1.165) is 28.2 Å². The SMILES string of the molecule is CC(C)Cc1cc(-c2nc(-c3ccc(N[S+]([O-])C(F)(F)F)c(Br)c3)cs2)ccn1. The Kier molecular flexibility index (Phi) is 6.87. The molecule has 0 spiro atoms. The number of pyridine rings is 1. The zero-order valence-corrected chi connectivity index (χ0v) is 18.7. The number of nitrogens with one attached hydrogen (secondary N) is 1. The Balaban J connectivity index is 1.81. The number of benzene rings is 1. The Bertz CT molecular complexity index is 995. The molecule has 1 N–H and O–H groups in total. The third-order valence-electron chi connectivity index (χ3n) is 3.86. The molecular weight excluding hydrogens is 487 g/mol. The first kappa shape index (κ1) is 22.1. The molecule has 0 aliphatic rings. The molecule has 29 heavy (non-hydrogen) atoms. The summed E-state index contributed by atoms with van der Waals surface area (Å²) in [4.78, 5) is 9.04. The van der Waals surface area contributed by atoms with Crippen molar-refractivity contribution in [1.82, 2.24) is 9.97 Å². The maximum Gasteiger partial charge on any atom is 0.598 e. The van der Waals surface area contributed by atoms with Crippen molar-refractivity contribution >= 4 is 44.3 Å². The number of thiazole rings is 1. The summed E-state index contributed by atoms with van der Waals surface area (Å²) in [6.07, 6.45) is 2.65. The van der Waals surface area contributed by atoms with Crippen LogP contribution in [0.3, 0.4) is 0 Å². The molecule has 4 nitrogen and oxygen atoms in total. The van der Waals surface area contributed by atoms with Gasteiger partial charge in [-0.3, -0.25) is 4.98 Å². The van der Waals surface area contributed by atoms with Crippen molar-refractivity contribution in [1.29, 1.82) is 0 Å². The molecule has 3 rings (SSSR count). The van der Waals surface area contributed by atoms with Gasteiger partial charge >= 0.3 is 5.51 Å². The van der Waals surface area contributed by atoms with Crippen LogP contribution in [0.1, 0.15) is 19.5 Å². The van der Waals surface area contributed by atoms with Crippen molar-refractivity contribution in [3.05, 3.63) is 52.1 Å². The van der Waals surface area contributed by atoms with Gasteiger partial charge in [0.25, 0.3) is 0 Å². The maximum absolute atomic E-state index is 12.5. The van der Waals surface area contributed by atoms with E-state index in [2.05, 4.69) is 39.7 Å². The average Bonchev–Trinajstić information content (AvgIpc) is 3.12. The number of hydrogen-bond donors (Lipinski definition) is 1. The van der Waals surface area contributed by atoms with Gasteiger partial charge < -0.3 is 4.55 Å². The number of aromatic nitrogens is 2. The first-order chi connectivity index (χ1) is 13.6. The third kappa shape index (κ3) is 5.71. The molecule has 0 bridgehead atoms. The lowest BCUT2D eigenvalue weighted by molar-refractivity contribution is -0.0428. The van der Waals surface area contributed by atoms with Crippen LogP contribution in [-0.4, -0.2) is 20.0 Å². The number of anilines is 1. The zero-order chi connectivity index (χ0) is 21.2. The minimum Gasteiger partial charge on any atom is -0.586 e. The largest absolute Gasteiger partial charge is 0.598 e. The highest BCUT2D eigenvalue weighted by Gasteiger charge is 2.46. The molecule has 0 aliphatic heterocycles. The van der Waals surface area contributed by atoms with Gasteiger partial charge in [-0.2, -0.15) is 4.72 Å². The summed E-state index contributed by atoms with van der Waals surface area (Å²) in [6, 6.07) is 8.65. The summed E-state index contributed by atoms with van der Waals surface area (Å²) in [5, 5.41) is 2.73. The highest BCUT2D eigenvalue weighted by Crippen LogP contribution is 2.34. The molecule has 2 aromatic heterocycles. The van der Waals surface area contributed by atoms with Crippen LogP contribution in [0.2, 0.25) is 0 Å². The minimum atomic E-state index is -4.83. The van der Waals surface area contributed by atoms with Gasteiger partial charge in [0.15, 0.2) is 11.4 Å². The number of rotatable bonds is 6. The fourth-order valence-corrected chi connectivity index (χ4v) is 4.52. The van der Waals surface area contributed by atoms with Crippen LogP contribution in [0, 0.1) is 5.92 Å². The Morgan fingerprint density at radius 2 is 1.97 bits per heavy atom. The number of hydrogen-bond acceptors (Lipinski definition) is 5. The van der Waals surface area contributed by atoms with Crippen LogP contribution in [-0.2, 0) is 17.8 Å². The van der Waals surface area contributed by atoms with E-state index in [1.165, 1.54) is 17.4 Å². The van der Waals surface area contributed by atoms with Crippen LogP contribution in [0.4, 0.5) is 18.9 Å². The summed E-state index contributed by atoms with van der Waals surface area (Å²) < 4.78 is 51.0. The molecule has 3 aromatic rings. The van der Waals surface area contributed by atoms with E-state index in [1.54, 1.807) is 18.3 Å². The summed E-state index contributed by atoms with van der Waals surface area (Å²) in [7, 11) is 0. The fraction of sp³-hybridized carbons (Fsp3) is 0.263. The van der Waals surface area contributed by atoms with Crippen molar-refractivity contribution < 1.29 is 17.7 Å². The first-order valence-electron chi connectivity index (χ1n) is 8.59. The van der Waals surface area contributed by atoms with Crippen LogP contribution < -0.4 is 4.72 Å². The lowest BCUT2D eigenvalue weighted by Gasteiger charge is -2.14. The molecule has 1 aromatic carbocycles. The van der Waals surface area contributed by atoms with Gasteiger partial charge in [-0.1, -0.05) is 19.9 Å². The number of halogens is 4. The van der Waals surface area contributed by atoms with Crippen LogP contribution in [0.25, 0.3) is 21.8 Å². The molecule has 0 saturated heterocycles. The Hall–Kier alpha value is -1.62. The van der Waals surface area contributed by atoms with E-state index >= 15 is 0 Å². The summed E-state index contributed by atoms with van der Waals surface area (Å²) in [5.41, 5.74) is -1.32. The van der Waals surface area contributed by atoms with E-state index < -0.39 is 16.9 Å². The molecule has 0 saturated carbocycles. The van der Waals surface area contributed by atoms with Gasteiger partial charge in [-0.25, -0.2) is 4.98 Å². The van der Waals surface area contributed by atoms with E-state index in [1.807, 2.05) is 22.2 Å². The maximum atomic E-state index is 12.5. The van der Waals surface area contributed by atoms with Crippen molar-refractivity contribution in [2.45, 2.75) is 25.8 Å². The predicted molar refractivity (Wildman–Crippen MR) is 115 cm³/mol. The molecule has 1 atom stereocenters. The number of alkyl halides is 3. The second kappa shape index (κ2) is 9.03. The van der Waals surface area contributed by atoms with E-state index in [4.69, 9.17) is 0 Å². The fourth-order valence-electron chi connectivity index (χ4n) is 2.59. The summed E-state index contributed by atoms with van der Waals surface area (Å²) >= 11 is 1.53. The summed E-state index contributed by atoms with van der Waals surface area (Å²) in [5.74, 6) is 0.501. The molecule has 0 amide bonds. The van der Waals surface area contributed by atoms with Crippen molar-refractivity contribution in [3.8, 4) is 21.8 Å². The number of nitrogens with zero attached hydrogens (tertiary/aromatic N) is 2. The van der Waals surface area contributed by atoms with Crippen molar-refractivity contribution in [2.75, 3.05) is 4.72 Å². The molecule has 2 heterocycles. The molecule has 0 fully saturated rings. The van der Waals surface area contributed by atoms with E-state index in [-0.39, 0.29) is 5.69 Å². The summed E-state index contributed by atoms with van der Waals surface area (Å²) in [6.45, 7) is 4.27. The van der Waals surface area contributed by atoms with Gasteiger partial charge in [0.1, 0.15) is 5.01 Å². The van der Waals surface area contributed by atoms with E-state index in [9.17, 15) is 17.7 Å². The normalized spacial score (nSPS) is 13.0. The van der Waals surface area contributed by atoms with Gasteiger partial charge in [-0.05, 0) is 52.5 Å². The molecular formula is C19H17BrF3N3OS2. The van der Waals surface area contributed by atoms with Crippen molar-refractivity contribution in [3.63, 3.8) is 0 Å². The van der Waals surface area contributed by atoms with Crippen LogP contribution in [0.15, 0.2) is 46.4 Å². The van der Waals surface area contributed by atoms with Gasteiger partial charge in [0.05, 0.1) is 11.4 Å². The lowest BCUT2D eigenvalue weighted by Crippen LogP contribution is -2.30. The molecule has 10 heteroatoms. The average molecular weight is 504 g/mol. The zero-order valence-electron chi connectivity index (χ0n) is 15.5. The highest BCUT2D eigenvalue weighted by atomic mass is 79.9. The third-order valence-corrected chi connectivity index (χ3v) is 6.24. The van der Waals surface area contributed by atoms with E-state index in [0.29, 0.717) is 16.1 Å². The standard InChI is InChI=1S/C19H17BrF3N3OS2/c1-11(2)7-14-8-13(5-6-24-14)18-25-17(10-28-18)12-3-4-16(15(20)9-12)26-29(27)19(21,22)23/h3-6,8-11,26H,7H2,1-2H3. The monoisotopic (exact) mass is 503 g/mol. The smallest absolute Gasteiger partial charge is 0.586 e. The van der Waals surface area contributed by atoms with Gasteiger partial charge in [0.2, 0.25) is 0 Å². The van der Waals surface area contributed by atoms with Crippen molar-refractivity contribution in [2.24, 2.45) is 5.92 Å². The second-order valence-corrected chi connectivity index (χ2v) is 9.60. The van der Waals surface area contributed by atoms with Crippen LogP contribution >= 0.6 is 27.3 Å².